The number of aromatic hydroxyl groups is 1. The Morgan fingerprint density at radius 2 is 1.71 bits per heavy atom. The van der Waals surface area contributed by atoms with E-state index in [0.717, 1.165) is 11.1 Å². The summed E-state index contributed by atoms with van der Waals surface area (Å²) < 4.78 is 10.9. The molecule has 0 radical (unpaired) electrons. The highest BCUT2D eigenvalue weighted by Gasteiger charge is 2.26. The van der Waals surface area contributed by atoms with E-state index >= 15 is 0 Å². The maximum Gasteiger partial charge on any atom is 0.345 e. The number of nitrogens with zero attached hydrogens (tertiary/aromatic N) is 3. The van der Waals surface area contributed by atoms with Gasteiger partial charge in [-0.2, -0.15) is 4.98 Å². The molecule has 38 heavy (non-hydrogen) atoms. The third-order valence-corrected chi connectivity index (χ3v) is 6.42. The number of phenols is 1. The van der Waals surface area contributed by atoms with Gasteiger partial charge in [-0.25, -0.2) is 4.79 Å². The number of nitrogens with one attached hydrogen (secondary N) is 1. The number of phenolic OH excluding ortho intramolecular Hbond substituents is 1. The molecule has 0 unspecified atom stereocenters. The van der Waals surface area contributed by atoms with Crippen molar-refractivity contribution in [3.05, 3.63) is 88.7 Å². The molecule has 0 saturated carbocycles. The lowest BCUT2D eigenvalue weighted by molar-refractivity contribution is -0.134. The number of carbonyl (C=O) groups excluding carboxylic acids is 2. The van der Waals surface area contributed by atoms with Gasteiger partial charge in [-0.05, 0) is 78.7 Å². The topological polar surface area (TPSA) is 129 Å². The lowest BCUT2D eigenvalue weighted by atomic mass is 10.1. The van der Waals surface area contributed by atoms with Gasteiger partial charge in [-0.1, -0.05) is 0 Å². The van der Waals surface area contributed by atoms with Gasteiger partial charge in [0.1, 0.15) is 11.5 Å². The number of carbonyl (C=O) groups is 2. The van der Waals surface area contributed by atoms with Gasteiger partial charge in [0.25, 0.3) is 11.8 Å². The van der Waals surface area contributed by atoms with E-state index in [2.05, 4.69) is 9.97 Å². The van der Waals surface area contributed by atoms with Crippen LogP contribution in [0.1, 0.15) is 16.1 Å². The molecular weight excluding hydrogens is 488 g/mol. The van der Waals surface area contributed by atoms with Crippen LogP contribution in [0, 0.1) is 6.92 Å². The average Bonchev–Trinajstić information content (AvgIpc) is 3.48. The molecule has 0 aliphatic carbocycles. The van der Waals surface area contributed by atoms with Crippen molar-refractivity contribution in [2.45, 2.75) is 6.92 Å². The molecule has 10 heteroatoms. The number of aromatic nitrogens is 2. The molecule has 0 atom stereocenters. The standard InChI is InChI=1S/C28H26N4O6/c1-18-15-20(6-9-24(18)33)23-16-22(29-28(36)30-23)19-4-7-21(8-5-19)38-17-26(34)31-10-12-32(13-11-31)27(35)25-3-2-14-37-25/h2-9,14-16,33H,10-13,17H2,1H3,(H,29,30,36). The lowest BCUT2D eigenvalue weighted by Crippen LogP contribution is -2.51. The van der Waals surface area contributed by atoms with Crippen molar-refractivity contribution in [2.24, 2.45) is 0 Å². The minimum Gasteiger partial charge on any atom is -0.508 e. The first kappa shape index (κ1) is 24.8. The number of furan rings is 1. The molecule has 0 spiro atoms. The number of ether oxygens (including phenoxy) is 1. The summed E-state index contributed by atoms with van der Waals surface area (Å²) in [6.07, 6.45) is 1.46. The van der Waals surface area contributed by atoms with Crippen LogP contribution >= 0.6 is 0 Å². The number of amides is 2. The second kappa shape index (κ2) is 10.6. The SMILES string of the molecule is Cc1cc(-c2cc(-c3ccc(OCC(=O)N4CCN(C(=O)c5ccco5)CC4)cc3)[nH]c(=O)n2)ccc1O. The van der Waals surface area contributed by atoms with E-state index in [9.17, 15) is 19.5 Å². The first-order valence-electron chi connectivity index (χ1n) is 12.1. The zero-order valence-electron chi connectivity index (χ0n) is 20.7. The number of hydrogen-bond acceptors (Lipinski definition) is 7. The number of piperazine rings is 1. The Bertz CT molecular complexity index is 1500. The Kier molecular flexibility index (Phi) is 6.94. The Balaban J connectivity index is 1.18. The zero-order valence-corrected chi connectivity index (χ0v) is 20.7. The largest absolute Gasteiger partial charge is 0.508 e. The van der Waals surface area contributed by atoms with E-state index in [0.29, 0.717) is 54.6 Å². The molecule has 1 fully saturated rings. The lowest BCUT2D eigenvalue weighted by Gasteiger charge is -2.34. The van der Waals surface area contributed by atoms with E-state index in [1.54, 1.807) is 77.4 Å². The summed E-state index contributed by atoms with van der Waals surface area (Å²) in [6.45, 7) is 3.35. The minimum absolute atomic E-state index is 0.123. The van der Waals surface area contributed by atoms with E-state index in [4.69, 9.17) is 9.15 Å². The summed E-state index contributed by atoms with van der Waals surface area (Å²) in [5.74, 6) is 0.639. The van der Waals surface area contributed by atoms with Gasteiger partial charge in [0.2, 0.25) is 0 Å². The first-order chi connectivity index (χ1) is 18.4. The maximum atomic E-state index is 12.6. The van der Waals surface area contributed by atoms with Crippen LogP contribution in [0.5, 0.6) is 11.5 Å². The normalized spacial score (nSPS) is 13.4. The second-order valence-electron chi connectivity index (χ2n) is 8.95. The van der Waals surface area contributed by atoms with Crippen molar-refractivity contribution in [1.29, 1.82) is 0 Å². The molecule has 5 rings (SSSR count). The van der Waals surface area contributed by atoms with E-state index in [-0.39, 0.29) is 24.2 Å². The van der Waals surface area contributed by atoms with Gasteiger partial charge in [-0.15, -0.1) is 0 Å². The zero-order chi connectivity index (χ0) is 26.6. The molecular formula is C28H26N4O6. The van der Waals surface area contributed by atoms with Gasteiger partial charge in [-0.3, -0.25) is 9.59 Å². The summed E-state index contributed by atoms with van der Waals surface area (Å²) in [5.41, 5.74) is 2.74. The van der Waals surface area contributed by atoms with Gasteiger partial charge in [0.15, 0.2) is 12.4 Å². The van der Waals surface area contributed by atoms with Gasteiger partial charge < -0.3 is 29.0 Å². The van der Waals surface area contributed by atoms with Gasteiger partial charge in [0.05, 0.1) is 17.7 Å². The fourth-order valence-electron chi connectivity index (χ4n) is 4.26. The first-order valence-corrected chi connectivity index (χ1v) is 12.1. The van der Waals surface area contributed by atoms with Crippen LogP contribution in [0.25, 0.3) is 22.5 Å². The van der Waals surface area contributed by atoms with Gasteiger partial charge in [0, 0.05) is 31.7 Å². The number of rotatable bonds is 6. The summed E-state index contributed by atoms with van der Waals surface area (Å²) >= 11 is 0. The predicted octanol–water partition coefficient (Wildman–Crippen LogP) is 3.07. The summed E-state index contributed by atoms with van der Waals surface area (Å²) in [4.78, 5) is 47.4. The van der Waals surface area contributed by atoms with Crippen LogP contribution in [0.4, 0.5) is 0 Å². The molecule has 2 aromatic heterocycles. The number of aromatic amines is 1. The highest BCUT2D eigenvalue weighted by Crippen LogP contribution is 2.27. The molecule has 3 heterocycles. The summed E-state index contributed by atoms with van der Waals surface area (Å²) in [5, 5.41) is 9.78. The number of aryl methyl sites for hydroxylation is 1. The number of hydrogen-bond donors (Lipinski definition) is 2. The molecule has 1 saturated heterocycles. The van der Waals surface area contributed by atoms with E-state index < -0.39 is 5.69 Å². The maximum absolute atomic E-state index is 12.6. The van der Waals surface area contributed by atoms with Gasteiger partial charge >= 0.3 is 5.69 Å². The van der Waals surface area contributed by atoms with Crippen molar-refractivity contribution in [1.82, 2.24) is 19.8 Å². The van der Waals surface area contributed by atoms with Crippen LogP contribution in [0.15, 0.2) is 76.1 Å². The minimum atomic E-state index is -0.486. The molecule has 1 aliphatic rings. The Labute approximate surface area is 218 Å². The monoisotopic (exact) mass is 514 g/mol. The van der Waals surface area contributed by atoms with Crippen LogP contribution in [-0.4, -0.2) is 69.5 Å². The summed E-state index contributed by atoms with van der Waals surface area (Å²) in [7, 11) is 0. The number of benzene rings is 2. The van der Waals surface area contributed by atoms with Crippen molar-refractivity contribution < 1.29 is 23.8 Å². The quantitative estimate of drug-likeness (QED) is 0.405. The fraction of sp³-hybridized carbons (Fsp3) is 0.214. The Morgan fingerprint density at radius 1 is 1.00 bits per heavy atom. The molecule has 4 aromatic rings. The smallest absolute Gasteiger partial charge is 0.345 e. The van der Waals surface area contributed by atoms with E-state index in [1.807, 2.05) is 0 Å². The number of H-pyrrole nitrogens is 1. The molecule has 0 bridgehead atoms. The predicted molar refractivity (Wildman–Crippen MR) is 139 cm³/mol. The Hall–Kier alpha value is -4.86. The van der Waals surface area contributed by atoms with Crippen molar-refractivity contribution in [3.8, 4) is 34.0 Å². The van der Waals surface area contributed by atoms with Crippen LogP contribution < -0.4 is 10.4 Å². The van der Waals surface area contributed by atoms with Crippen LogP contribution in [0.3, 0.4) is 0 Å². The fourth-order valence-corrected chi connectivity index (χ4v) is 4.26. The molecule has 2 aromatic carbocycles. The highest BCUT2D eigenvalue weighted by molar-refractivity contribution is 5.91. The summed E-state index contributed by atoms with van der Waals surface area (Å²) in [6, 6.07) is 17.1. The molecule has 2 amide bonds. The average molecular weight is 515 g/mol. The third kappa shape index (κ3) is 5.44. The molecule has 2 N–H and O–H groups in total. The Morgan fingerprint density at radius 3 is 2.39 bits per heavy atom. The second-order valence-corrected chi connectivity index (χ2v) is 8.95. The highest BCUT2D eigenvalue weighted by atomic mass is 16.5. The van der Waals surface area contributed by atoms with E-state index in [1.165, 1.54) is 6.26 Å². The van der Waals surface area contributed by atoms with Crippen molar-refractivity contribution in [3.63, 3.8) is 0 Å². The van der Waals surface area contributed by atoms with Crippen LogP contribution in [0.2, 0.25) is 0 Å². The molecule has 10 nitrogen and oxygen atoms in total. The van der Waals surface area contributed by atoms with Crippen molar-refractivity contribution in [2.75, 3.05) is 32.8 Å². The third-order valence-electron chi connectivity index (χ3n) is 6.42. The molecule has 1 aliphatic heterocycles. The van der Waals surface area contributed by atoms with Crippen LogP contribution in [-0.2, 0) is 4.79 Å². The molecule has 194 valence electrons. The van der Waals surface area contributed by atoms with Crippen molar-refractivity contribution >= 4 is 11.8 Å².